The molecule has 3 N–H and O–H groups in total. The highest BCUT2D eigenvalue weighted by molar-refractivity contribution is 7.57. The molecule has 1 aliphatic heterocycles. The van der Waals surface area contributed by atoms with Crippen LogP contribution < -0.4 is 5.73 Å². The largest absolute Gasteiger partial charge is 0.319 e. The van der Waals surface area contributed by atoms with Gasteiger partial charge in [-0.05, 0) is 19.4 Å². The summed E-state index contributed by atoms with van der Waals surface area (Å²) in [6.45, 7) is 3.78. The van der Waals surface area contributed by atoms with Gasteiger partial charge in [0.25, 0.3) is 0 Å². The summed E-state index contributed by atoms with van der Waals surface area (Å²) in [4.78, 5) is 0. The zero-order valence-electron chi connectivity index (χ0n) is 7.46. The first kappa shape index (κ1) is 8.52. The van der Waals surface area contributed by atoms with E-state index in [-0.39, 0.29) is 6.04 Å². The second kappa shape index (κ2) is 2.71. The van der Waals surface area contributed by atoms with E-state index in [0.29, 0.717) is 5.71 Å². The summed E-state index contributed by atoms with van der Waals surface area (Å²) in [5.41, 5.74) is 9.78. The summed E-state index contributed by atoms with van der Waals surface area (Å²) >= 11 is 1.17. The zero-order valence-corrected chi connectivity index (χ0v) is 8.27. The molecular weight excluding hydrogens is 184 g/mol. The van der Waals surface area contributed by atoms with Crippen LogP contribution in [0.1, 0.15) is 13.8 Å². The Morgan fingerprint density at radius 3 is 2.62 bits per heavy atom. The third kappa shape index (κ3) is 1.04. The van der Waals surface area contributed by atoms with Crippen LogP contribution in [0.5, 0.6) is 0 Å². The molecule has 1 atom stereocenters. The van der Waals surface area contributed by atoms with Crippen LogP contribution in [0.2, 0.25) is 0 Å². The third-order valence-electron chi connectivity index (χ3n) is 2.40. The molecule has 0 fully saturated rings. The van der Waals surface area contributed by atoms with Gasteiger partial charge in [-0.25, -0.2) is 0 Å². The minimum atomic E-state index is -0.309. The van der Waals surface area contributed by atoms with Crippen molar-refractivity contribution in [2.24, 2.45) is 14.5 Å². The molecule has 0 saturated carbocycles. The van der Waals surface area contributed by atoms with E-state index in [9.17, 15) is 0 Å². The first-order valence-corrected chi connectivity index (χ1v) is 4.70. The first-order chi connectivity index (χ1) is 6.13. The van der Waals surface area contributed by atoms with E-state index in [0.717, 1.165) is 22.5 Å². The molecular formula is C8H10N4S. The van der Waals surface area contributed by atoms with Gasteiger partial charge in [-0.15, -0.1) is 0 Å². The number of hydrogen-bond acceptors (Lipinski definition) is 4. The molecule has 0 spiro atoms. The number of hydrogen-bond donors (Lipinski definition) is 2. The maximum Gasteiger partial charge on any atom is 0.109 e. The monoisotopic (exact) mass is 194 g/mol. The minimum absolute atomic E-state index is 0.309. The van der Waals surface area contributed by atoms with Crippen molar-refractivity contribution in [2.75, 3.05) is 0 Å². The predicted molar refractivity (Wildman–Crippen MR) is 53.3 cm³/mol. The highest BCUT2D eigenvalue weighted by Crippen LogP contribution is 2.31. The number of rotatable bonds is 0. The maximum absolute atomic E-state index is 7.75. The van der Waals surface area contributed by atoms with Crippen molar-refractivity contribution in [1.82, 2.24) is 0 Å². The zero-order chi connectivity index (χ0) is 9.59. The van der Waals surface area contributed by atoms with Crippen LogP contribution in [0.25, 0.3) is 0 Å². The summed E-state index contributed by atoms with van der Waals surface area (Å²) in [6, 6.07) is -0.309. The lowest BCUT2D eigenvalue weighted by atomic mass is 9.90. The van der Waals surface area contributed by atoms with Crippen LogP contribution in [0, 0.1) is 5.41 Å². The summed E-state index contributed by atoms with van der Waals surface area (Å²) in [5.74, 6) is 0. The Morgan fingerprint density at radius 2 is 1.92 bits per heavy atom. The van der Waals surface area contributed by atoms with E-state index < -0.39 is 0 Å². The van der Waals surface area contributed by atoms with Crippen molar-refractivity contribution in [3.05, 3.63) is 22.5 Å². The second-order valence-corrected chi connectivity index (χ2v) is 3.69. The Labute approximate surface area is 79.9 Å². The van der Waals surface area contributed by atoms with Gasteiger partial charge in [0.05, 0.1) is 23.1 Å². The Bertz CT molecular complexity index is 423. The Morgan fingerprint density at radius 1 is 1.31 bits per heavy atom. The molecule has 68 valence electrons. The molecule has 0 amide bonds. The highest BCUT2D eigenvalue weighted by atomic mass is 32.1. The molecule has 13 heavy (non-hydrogen) atoms. The molecule has 0 aromatic rings. The van der Waals surface area contributed by atoms with E-state index in [1.54, 1.807) is 0 Å². The van der Waals surface area contributed by atoms with Crippen molar-refractivity contribution in [2.45, 2.75) is 19.9 Å². The molecule has 2 aliphatic rings. The van der Waals surface area contributed by atoms with Crippen LogP contribution in [-0.4, -0.2) is 11.8 Å². The van der Waals surface area contributed by atoms with Crippen molar-refractivity contribution in [3.8, 4) is 0 Å². The summed E-state index contributed by atoms with van der Waals surface area (Å²) in [5, 5.41) is 7.75. The average molecular weight is 194 g/mol. The quantitative estimate of drug-likeness (QED) is 0.600. The van der Waals surface area contributed by atoms with Gasteiger partial charge in [-0.3, -0.25) is 0 Å². The highest BCUT2D eigenvalue weighted by Gasteiger charge is 2.28. The molecule has 0 aromatic heterocycles. The molecule has 0 bridgehead atoms. The van der Waals surface area contributed by atoms with Crippen LogP contribution >= 0.6 is 0 Å². The molecule has 0 radical (unpaired) electrons. The second-order valence-electron chi connectivity index (χ2n) is 3.16. The van der Waals surface area contributed by atoms with Crippen LogP contribution in [0.4, 0.5) is 0 Å². The maximum atomic E-state index is 7.75. The van der Waals surface area contributed by atoms with Crippen molar-refractivity contribution >= 4 is 17.1 Å². The SMILES string of the molecule is CC1=C2N=S=NC2=C(C)C(N)C1=N. The van der Waals surface area contributed by atoms with Crippen LogP contribution in [-0.2, 0) is 11.4 Å². The fourth-order valence-electron chi connectivity index (χ4n) is 1.42. The van der Waals surface area contributed by atoms with E-state index in [4.69, 9.17) is 11.1 Å². The first-order valence-electron chi connectivity index (χ1n) is 3.97. The normalized spacial score (nSPS) is 26.7. The Kier molecular flexibility index (Phi) is 1.78. The van der Waals surface area contributed by atoms with Gasteiger partial charge in [0.1, 0.15) is 11.4 Å². The summed E-state index contributed by atoms with van der Waals surface area (Å²) in [6.07, 6.45) is 0. The fraction of sp³-hybridized carbons (Fsp3) is 0.375. The number of nitrogens with one attached hydrogen (secondary N) is 1. The third-order valence-corrected chi connectivity index (χ3v) is 2.93. The standard InChI is InChI=1S/C8H10N4S/c1-3-5(9)6(10)4(2)8-7(3)11-13-12-8/h5,10H,9H2,1-2H3. The molecule has 0 aromatic carbocycles. The molecule has 4 nitrogen and oxygen atoms in total. The molecule has 1 heterocycles. The summed E-state index contributed by atoms with van der Waals surface area (Å²) < 4.78 is 8.32. The predicted octanol–water partition coefficient (Wildman–Crippen LogP) is 1.36. The van der Waals surface area contributed by atoms with E-state index in [1.165, 1.54) is 11.4 Å². The molecule has 1 aliphatic carbocycles. The molecule has 0 saturated heterocycles. The fourth-order valence-corrected chi connectivity index (χ4v) is 2.08. The van der Waals surface area contributed by atoms with Crippen molar-refractivity contribution < 1.29 is 0 Å². The van der Waals surface area contributed by atoms with E-state index in [2.05, 4.69) is 8.73 Å². The van der Waals surface area contributed by atoms with Crippen molar-refractivity contribution in [3.63, 3.8) is 0 Å². The smallest absolute Gasteiger partial charge is 0.109 e. The summed E-state index contributed by atoms with van der Waals surface area (Å²) in [7, 11) is 0. The van der Waals surface area contributed by atoms with Gasteiger partial charge in [-0.2, -0.15) is 8.73 Å². The van der Waals surface area contributed by atoms with Gasteiger partial charge >= 0.3 is 0 Å². The lowest BCUT2D eigenvalue weighted by Crippen LogP contribution is -2.35. The topological polar surface area (TPSA) is 74.6 Å². The van der Waals surface area contributed by atoms with Crippen LogP contribution in [0.3, 0.4) is 0 Å². The van der Waals surface area contributed by atoms with Gasteiger partial charge in [-0.1, -0.05) is 0 Å². The molecule has 1 unspecified atom stereocenters. The van der Waals surface area contributed by atoms with E-state index >= 15 is 0 Å². The van der Waals surface area contributed by atoms with Crippen molar-refractivity contribution in [1.29, 1.82) is 5.41 Å². The number of fused-ring (bicyclic) bond motifs is 1. The van der Waals surface area contributed by atoms with Gasteiger partial charge in [0, 0.05) is 5.57 Å². The van der Waals surface area contributed by atoms with E-state index in [1.807, 2.05) is 13.8 Å². The molecule has 5 heteroatoms. The number of nitrogens with two attached hydrogens (primary N) is 1. The van der Waals surface area contributed by atoms with Crippen LogP contribution in [0.15, 0.2) is 31.3 Å². The lowest BCUT2D eigenvalue weighted by Gasteiger charge is -2.21. The molecule has 2 rings (SSSR count). The van der Waals surface area contributed by atoms with Gasteiger partial charge in [0.2, 0.25) is 0 Å². The lowest BCUT2D eigenvalue weighted by molar-refractivity contribution is 0.932. The minimum Gasteiger partial charge on any atom is -0.319 e. The van der Waals surface area contributed by atoms with Gasteiger partial charge in [0.15, 0.2) is 0 Å². The van der Waals surface area contributed by atoms with Gasteiger partial charge < -0.3 is 11.1 Å². The Hall–Kier alpha value is -1.07. The number of nitrogens with zero attached hydrogens (tertiary/aromatic N) is 2. The Balaban J connectivity index is 2.66. The average Bonchev–Trinajstić information content (AvgIpc) is 2.59.